The maximum absolute atomic E-state index is 12.9. The molecule has 174 valence electrons. The molecule has 0 bridgehead atoms. The second kappa shape index (κ2) is 10.6. The lowest BCUT2D eigenvalue weighted by Gasteiger charge is -2.25. The van der Waals surface area contributed by atoms with Crippen molar-refractivity contribution in [2.75, 3.05) is 5.32 Å². The molecule has 0 saturated heterocycles. The molecule has 3 aromatic rings. The minimum absolute atomic E-state index is 0.0243. The Bertz CT molecular complexity index is 1090. The van der Waals surface area contributed by atoms with E-state index in [2.05, 4.69) is 10.3 Å². The van der Waals surface area contributed by atoms with Gasteiger partial charge in [-0.1, -0.05) is 49.7 Å². The van der Waals surface area contributed by atoms with Gasteiger partial charge in [-0.3, -0.25) is 5.41 Å². The van der Waals surface area contributed by atoms with E-state index >= 15 is 0 Å². The van der Waals surface area contributed by atoms with E-state index in [9.17, 15) is 13.2 Å². The van der Waals surface area contributed by atoms with Crippen molar-refractivity contribution in [3.05, 3.63) is 83.0 Å². The fraction of sp³-hybridized carbons (Fsp3) is 0.250. The van der Waals surface area contributed by atoms with Crippen LogP contribution in [0.15, 0.2) is 66.7 Å². The van der Waals surface area contributed by atoms with Crippen LogP contribution in [0.1, 0.15) is 25.1 Å². The first-order valence-electron chi connectivity index (χ1n) is 10.2. The van der Waals surface area contributed by atoms with Crippen LogP contribution >= 0.6 is 11.6 Å². The number of para-hydroxylation sites is 1. The molecule has 5 nitrogen and oxygen atoms in total. The number of aromatic nitrogens is 1. The first-order valence-corrected chi connectivity index (χ1v) is 10.5. The van der Waals surface area contributed by atoms with Crippen molar-refractivity contribution in [1.82, 2.24) is 4.98 Å². The molecule has 0 fully saturated rings. The summed E-state index contributed by atoms with van der Waals surface area (Å²) in [5, 5.41) is 11.3. The summed E-state index contributed by atoms with van der Waals surface area (Å²) >= 11 is 6.05. The highest BCUT2D eigenvalue weighted by atomic mass is 35.5. The number of ether oxygens (including phenoxy) is 2. The van der Waals surface area contributed by atoms with Gasteiger partial charge in [0, 0.05) is 6.07 Å². The van der Waals surface area contributed by atoms with E-state index in [1.165, 1.54) is 6.07 Å². The van der Waals surface area contributed by atoms with Crippen LogP contribution in [-0.2, 0) is 17.5 Å². The number of nitrogens with one attached hydrogen (secondary N) is 2. The Balaban J connectivity index is 1.65. The Hall–Kier alpha value is -3.26. The Morgan fingerprint density at radius 3 is 2.42 bits per heavy atom. The molecule has 0 saturated carbocycles. The van der Waals surface area contributed by atoms with Crippen LogP contribution in [-0.4, -0.2) is 16.9 Å². The number of hydrogen-bond acceptors (Lipinski definition) is 5. The summed E-state index contributed by atoms with van der Waals surface area (Å²) in [7, 11) is 0. The van der Waals surface area contributed by atoms with Gasteiger partial charge in [0.2, 0.25) is 11.8 Å². The van der Waals surface area contributed by atoms with Crippen molar-refractivity contribution in [2.45, 2.75) is 32.7 Å². The van der Waals surface area contributed by atoms with Crippen molar-refractivity contribution in [3.8, 4) is 11.6 Å². The van der Waals surface area contributed by atoms with E-state index in [0.29, 0.717) is 17.3 Å². The lowest BCUT2D eigenvalue weighted by molar-refractivity contribution is -0.137. The summed E-state index contributed by atoms with van der Waals surface area (Å²) in [6, 6.07) is 16.9. The monoisotopic (exact) mass is 477 g/mol. The molecule has 0 spiro atoms. The van der Waals surface area contributed by atoms with Gasteiger partial charge in [0.1, 0.15) is 18.4 Å². The van der Waals surface area contributed by atoms with Crippen LogP contribution in [0.5, 0.6) is 11.6 Å². The zero-order chi connectivity index (χ0) is 24.0. The highest BCUT2D eigenvalue weighted by Crippen LogP contribution is 2.34. The third kappa shape index (κ3) is 6.86. The molecular weight excluding hydrogens is 455 g/mol. The third-order valence-corrected chi connectivity index (χ3v) is 4.99. The number of hydrogen-bond donors (Lipinski definition) is 2. The summed E-state index contributed by atoms with van der Waals surface area (Å²) in [6.07, 6.45) is -4.48. The summed E-state index contributed by atoms with van der Waals surface area (Å²) in [5.41, 5.74) is 0.00509. The van der Waals surface area contributed by atoms with Gasteiger partial charge in [0.15, 0.2) is 0 Å². The quantitative estimate of drug-likeness (QED) is 0.266. The predicted octanol–water partition coefficient (Wildman–Crippen LogP) is 7.18. The molecule has 2 aromatic carbocycles. The minimum atomic E-state index is -4.48. The highest BCUT2D eigenvalue weighted by Gasteiger charge is 2.31. The Morgan fingerprint density at radius 2 is 1.79 bits per heavy atom. The zero-order valence-corrected chi connectivity index (χ0v) is 18.7. The second-order valence-corrected chi connectivity index (χ2v) is 8.00. The Kier molecular flexibility index (Phi) is 7.81. The van der Waals surface area contributed by atoms with E-state index in [-0.39, 0.29) is 29.1 Å². The summed E-state index contributed by atoms with van der Waals surface area (Å²) in [5.74, 6) is 0.853. The van der Waals surface area contributed by atoms with Gasteiger partial charge in [-0.15, -0.1) is 0 Å². The van der Waals surface area contributed by atoms with Crippen LogP contribution in [0, 0.1) is 11.3 Å². The first kappa shape index (κ1) is 24.4. The molecule has 0 amide bonds. The molecule has 9 heteroatoms. The maximum atomic E-state index is 12.9. The molecule has 0 aliphatic rings. The fourth-order valence-electron chi connectivity index (χ4n) is 2.96. The number of benzene rings is 2. The summed E-state index contributed by atoms with van der Waals surface area (Å²) in [6.45, 7) is 3.75. The molecule has 2 N–H and O–H groups in total. The number of rotatable bonds is 8. The van der Waals surface area contributed by atoms with E-state index in [0.717, 1.165) is 12.1 Å². The van der Waals surface area contributed by atoms with Crippen molar-refractivity contribution >= 4 is 23.2 Å². The maximum Gasteiger partial charge on any atom is 0.416 e. The van der Waals surface area contributed by atoms with Crippen LogP contribution in [0.2, 0.25) is 5.02 Å². The van der Waals surface area contributed by atoms with Crippen molar-refractivity contribution in [1.29, 1.82) is 5.41 Å². The van der Waals surface area contributed by atoms with Gasteiger partial charge in [-0.05, 0) is 42.3 Å². The SMILES string of the molecule is CC(C)C(Nc1ccc(C(F)(F)F)cc1Cl)C(=N)OCc1cccc(Oc2ccccc2)n1. The minimum Gasteiger partial charge on any atom is -0.473 e. The number of halogens is 4. The average Bonchev–Trinajstić information content (AvgIpc) is 2.76. The van der Waals surface area contributed by atoms with Crippen LogP contribution in [0.4, 0.5) is 18.9 Å². The van der Waals surface area contributed by atoms with Crippen LogP contribution in [0.25, 0.3) is 0 Å². The topological polar surface area (TPSA) is 67.2 Å². The van der Waals surface area contributed by atoms with Gasteiger partial charge < -0.3 is 14.8 Å². The number of anilines is 1. The number of alkyl halides is 3. The molecule has 0 aliphatic heterocycles. The first-order chi connectivity index (χ1) is 15.6. The molecule has 3 rings (SSSR count). The Labute approximate surface area is 195 Å². The van der Waals surface area contributed by atoms with Crippen molar-refractivity contribution < 1.29 is 22.6 Å². The van der Waals surface area contributed by atoms with E-state index in [4.69, 9.17) is 26.5 Å². The molecule has 1 heterocycles. The van der Waals surface area contributed by atoms with Crippen molar-refractivity contribution in [2.24, 2.45) is 5.92 Å². The largest absolute Gasteiger partial charge is 0.473 e. The van der Waals surface area contributed by atoms with Gasteiger partial charge in [-0.25, -0.2) is 4.98 Å². The van der Waals surface area contributed by atoms with E-state index < -0.39 is 17.8 Å². The molecule has 0 radical (unpaired) electrons. The van der Waals surface area contributed by atoms with Gasteiger partial charge in [-0.2, -0.15) is 13.2 Å². The average molecular weight is 478 g/mol. The molecule has 1 unspecified atom stereocenters. The van der Waals surface area contributed by atoms with Gasteiger partial charge in [0.25, 0.3) is 0 Å². The van der Waals surface area contributed by atoms with Crippen molar-refractivity contribution in [3.63, 3.8) is 0 Å². The molecule has 1 atom stereocenters. The molecule has 0 aliphatic carbocycles. The van der Waals surface area contributed by atoms with E-state index in [1.807, 2.05) is 44.2 Å². The van der Waals surface area contributed by atoms with Gasteiger partial charge in [0.05, 0.1) is 22.0 Å². The normalized spacial score (nSPS) is 12.3. The standard InChI is InChI=1S/C24H23ClF3N3O2/c1-15(2)22(31-20-12-11-16(13-19(20)25)24(26,27)28)23(29)32-14-17-7-6-10-21(30-17)33-18-8-4-3-5-9-18/h3-13,15,22,29,31H,14H2,1-2H3. The van der Waals surface area contributed by atoms with Gasteiger partial charge >= 0.3 is 6.18 Å². The molecule has 33 heavy (non-hydrogen) atoms. The Morgan fingerprint density at radius 1 is 1.06 bits per heavy atom. The zero-order valence-electron chi connectivity index (χ0n) is 18.0. The van der Waals surface area contributed by atoms with Crippen LogP contribution in [0.3, 0.4) is 0 Å². The predicted molar refractivity (Wildman–Crippen MR) is 122 cm³/mol. The smallest absolute Gasteiger partial charge is 0.416 e. The molecule has 1 aromatic heterocycles. The second-order valence-electron chi connectivity index (χ2n) is 7.59. The highest BCUT2D eigenvalue weighted by molar-refractivity contribution is 6.33. The molecular formula is C24H23ClF3N3O2. The summed E-state index contributed by atoms with van der Waals surface area (Å²) in [4.78, 5) is 4.38. The fourth-order valence-corrected chi connectivity index (χ4v) is 3.19. The van der Waals surface area contributed by atoms with E-state index in [1.54, 1.807) is 18.2 Å². The lowest BCUT2D eigenvalue weighted by atomic mass is 10.0. The number of nitrogens with zero attached hydrogens (tertiary/aromatic N) is 1. The summed E-state index contributed by atoms with van der Waals surface area (Å²) < 4.78 is 50.0. The number of pyridine rings is 1. The van der Waals surface area contributed by atoms with Crippen LogP contribution < -0.4 is 10.1 Å². The lowest BCUT2D eigenvalue weighted by Crippen LogP contribution is -2.35. The third-order valence-electron chi connectivity index (χ3n) is 4.68.